The van der Waals surface area contributed by atoms with Gasteiger partial charge in [-0.1, -0.05) is 53.5 Å². The van der Waals surface area contributed by atoms with E-state index in [1.54, 1.807) is 0 Å². The smallest absolute Gasteiger partial charge is 0.248 e. The minimum atomic E-state index is -2.15. The quantitative estimate of drug-likeness (QED) is 0.0870. The third kappa shape index (κ3) is 14.5. The molecular weight excluding hydrogens is 1230 g/mol. The van der Waals surface area contributed by atoms with Crippen molar-refractivity contribution in [2.24, 2.45) is 11.5 Å². The molecule has 0 saturated heterocycles. The van der Waals surface area contributed by atoms with Crippen molar-refractivity contribution in [3.63, 3.8) is 0 Å². The molecule has 7 aromatic carbocycles. The fraction of sp³-hybridized carbons (Fsp3) is 0.210. The third-order valence-corrected chi connectivity index (χ3v) is 15.4. The summed E-state index contributed by atoms with van der Waals surface area (Å²) < 4.78 is 18.5. The zero-order valence-corrected chi connectivity index (χ0v) is 48.9. The molecule has 5 aliphatic heterocycles. The molecule has 7 amide bonds. The van der Waals surface area contributed by atoms with Crippen LogP contribution in [0.2, 0.25) is 10.0 Å². The number of nitrogens with one attached hydrogen (secondary N) is 8. The van der Waals surface area contributed by atoms with Gasteiger partial charge in [-0.3, -0.25) is 33.6 Å². The van der Waals surface area contributed by atoms with E-state index in [4.69, 9.17) is 48.9 Å². The van der Waals surface area contributed by atoms with Gasteiger partial charge < -0.3 is 104 Å². The van der Waals surface area contributed by atoms with E-state index in [1.165, 1.54) is 66.7 Å². The number of phenolic OH excluding ortho intramolecular Hbond substituents is 6. The summed E-state index contributed by atoms with van der Waals surface area (Å²) in [5, 5.41) is 98.7. The first-order valence-corrected chi connectivity index (χ1v) is 28.7. The minimum absolute atomic E-state index is 0.0166. The molecule has 29 heteroatoms. The number of aliphatic hydroxyl groups excluding tert-OH is 1. The number of aliphatic hydroxyl groups is 1. The second-order valence-corrected chi connectivity index (χ2v) is 22.1. The fourth-order valence-electron chi connectivity index (χ4n) is 10.2. The van der Waals surface area contributed by atoms with Gasteiger partial charge in [-0.25, -0.2) is 0 Å². The number of carbonyl (C=O) groups is 7. The molecule has 0 aliphatic carbocycles. The van der Waals surface area contributed by atoms with Crippen molar-refractivity contribution in [3.8, 4) is 69.0 Å². The number of halogens is 2. The molecule has 0 radical (unpaired) electrons. The van der Waals surface area contributed by atoms with Gasteiger partial charge in [-0.2, -0.15) is 0 Å². The zero-order chi connectivity index (χ0) is 64.9. The minimum Gasteiger partial charge on any atom is -0.508 e. The number of hydrogen-bond acceptors (Lipinski definition) is 20. The van der Waals surface area contributed by atoms with E-state index < -0.39 is 130 Å². The number of fused-ring (bicyclic) bond motifs is 15. The van der Waals surface area contributed by atoms with E-state index >= 15 is 14.4 Å². The first kappa shape index (κ1) is 63.5. The van der Waals surface area contributed by atoms with Crippen LogP contribution in [0.15, 0.2) is 127 Å². The van der Waals surface area contributed by atoms with E-state index in [0.29, 0.717) is 12.1 Å². The molecule has 5 aliphatic rings. The molecule has 0 aromatic heterocycles. The molecule has 13 bridgehead atoms. The van der Waals surface area contributed by atoms with Crippen molar-refractivity contribution >= 4 is 64.6 Å². The SMILES string of the molecule is NCCNCCNC(=O)C(NC(=O)C1NC(=O)C(c2ccc(O)cc2)NC(=O)C2NC(=O)C3NC(=O)C(Cc4ccc(c(Cl)c4)Oc4cc2cc(c4O)Oc2ccc(cc2Cl)C1O)NC(=O)C(N)c1ccc(O)c(c1)Oc1cc(O)cc3c1)c1cc(O)cc(O)c1. The van der Waals surface area contributed by atoms with E-state index in [2.05, 4.69) is 42.5 Å². The molecule has 91 heavy (non-hydrogen) atoms. The number of hydrogen-bond donors (Lipinski definition) is 17. The van der Waals surface area contributed by atoms with Gasteiger partial charge in [0, 0.05) is 44.7 Å². The van der Waals surface area contributed by atoms with E-state index in [0.717, 1.165) is 60.7 Å². The molecule has 27 nitrogen and oxygen atoms in total. The number of carbonyl (C=O) groups excluding carboxylic acids is 7. The molecule has 8 atom stereocenters. The van der Waals surface area contributed by atoms with E-state index in [9.17, 15) is 54.9 Å². The van der Waals surface area contributed by atoms with Gasteiger partial charge in [0.25, 0.3) is 0 Å². The molecule has 19 N–H and O–H groups in total. The number of aromatic hydroxyl groups is 6. The van der Waals surface area contributed by atoms with Crippen LogP contribution in [-0.2, 0) is 40.0 Å². The number of benzene rings is 7. The molecule has 0 fully saturated rings. The van der Waals surface area contributed by atoms with Crippen LogP contribution in [-0.4, -0.2) is 115 Å². The van der Waals surface area contributed by atoms with E-state index in [-0.39, 0.29) is 98.2 Å². The lowest BCUT2D eigenvalue weighted by Gasteiger charge is -2.30. The van der Waals surface area contributed by atoms with E-state index in [1.807, 2.05) is 0 Å². The molecule has 0 spiro atoms. The maximum Gasteiger partial charge on any atom is 0.248 e. The molecular formula is C62H58Cl2N10O17. The fourth-order valence-corrected chi connectivity index (χ4v) is 10.7. The van der Waals surface area contributed by atoms with Crippen LogP contribution in [0.25, 0.3) is 0 Å². The third-order valence-electron chi connectivity index (χ3n) is 14.8. The average Bonchev–Trinajstić information content (AvgIpc) is 0.922. The Morgan fingerprint density at radius 1 is 0.538 bits per heavy atom. The highest BCUT2D eigenvalue weighted by molar-refractivity contribution is 6.32. The monoisotopic (exact) mass is 1280 g/mol. The Morgan fingerprint density at radius 3 is 1.76 bits per heavy atom. The summed E-state index contributed by atoms with van der Waals surface area (Å²) in [6.07, 6.45) is -2.43. The zero-order valence-electron chi connectivity index (χ0n) is 47.4. The predicted octanol–water partition coefficient (Wildman–Crippen LogP) is 3.58. The second-order valence-electron chi connectivity index (χ2n) is 21.3. The number of nitrogens with two attached hydrogens (primary N) is 2. The first-order valence-electron chi connectivity index (χ1n) is 27.9. The number of amides is 7. The molecule has 0 saturated carbocycles. The summed E-state index contributed by atoms with van der Waals surface area (Å²) in [7, 11) is 0. The maximum absolute atomic E-state index is 15.7. The van der Waals surface area contributed by atoms with Crippen LogP contribution < -0.4 is 68.2 Å². The van der Waals surface area contributed by atoms with Crippen molar-refractivity contribution in [3.05, 3.63) is 176 Å². The van der Waals surface area contributed by atoms with Crippen molar-refractivity contribution in [1.29, 1.82) is 0 Å². The Morgan fingerprint density at radius 2 is 1.11 bits per heavy atom. The lowest BCUT2D eigenvalue weighted by molar-refractivity contribution is -0.137. The summed E-state index contributed by atoms with van der Waals surface area (Å²) in [6, 6.07) is 12.0. The van der Waals surface area contributed by atoms with Gasteiger partial charge in [-0.15, -0.1) is 0 Å². The van der Waals surface area contributed by atoms with Crippen LogP contribution in [0.3, 0.4) is 0 Å². The van der Waals surface area contributed by atoms with Crippen molar-refractivity contribution in [2.75, 3.05) is 26.2 Å². The highest BCUT2D eigenvalue weighted by Crippen LogP contribution is 2.46. The van der Waals surface area contributed by atoms with Crippen molar-refractivity contribution in [1.82, 2.24) is 42.5 Å². The maximum atomic E-state index is 15.7. The van der Waals surface area contributed by atoms with Gasteiger partial charge in [0.2, 0.25) is 47.1 Å². The first-order chi connectivity index (χ1) is 43.5. The van der Waals surface area contributed by atoms with Crippen LogP contribution in [0.5, 0.6) is 69.0 Å². The Balaban J connectivity index is 1.13. The predicted molar refractivity (Wildman–Crippen MR) is 323 cm³/mol. The Hall–Kier alpha value is -10.6. The van der Waals surface area contributed by atoms with Crippen LogP contribution in [0, 0.1) is 0 Å². The highest BCUT2D eigenvalue weighted by atomic mass is 35.5. The van der Waals surface area contributed by atoms with Gasteiger partial charge in [0.05, 0.1) is 10.0 Å². The summed E-state index contributed by atoms with van der Waals surface area (Å²) in [5.74, 6) is -12.8. The normalized spacial score (nSPS) is 20.2. The average molecular weight is 1290 g/mol. The van der Waals surface area contributed by atoms with Gasteiger partial charge in [-0.05, 0) is 124 Å². The Bertz CT molecular complexity index is 4010. The molecule has 12 rings (SSSR count). The number of phenols is 6. The van der Waals surface area contributed by atoms with Crippen LogP contribution >= 0.6 is 23.2 Å². The molecule has 472 valence electrons. The van der Waals surface area contributed by atoms with Crippen molar-refractivity contribution in [2.45, 2.75) is 54.8 Å². The highest BCUT2D eigenvalue weighted by Gasteiger charge is 2.40. The Kier molecular flexibility index (Phi) is 18.9. The Labute approximate surface area is 526 Å². The summed E-state index contributed by atoms with van der Waals surface area (Å²) in [4.78, 5) is 104. The van der Waals surface area contributed by atoms with Gasteiger partial charge in [0.1, 0.15) is 88.6 Å². The largest absolute Gasteiger partial charge is 0.508 e. The van der Waals surface area contributed by atoms with Gasteiger partial charge >= 0.3 is 0 Å². The van der Waals surface area contributed by atoms with Crippen molar-refractivity contribution < 1.29 is 83.5 Å². The molecule has 7 aromatic rings. The lowest BCUT2D eigenvalue weighted by atomic mass is 9.97. The molecule has 8 unspecified atom stereocenters. The van der Waals surface area contributed by atoms with Gasteiger partial charge in [0.15, 0.2) is 23.0 Å². The molecule has 5 heterocycles. The summed E-state index contributed by atoms with van der Waals surface area (Å²) in [6.45, 7) is 0.878. The van der Waals surface area contributed by atoms with Crippen LogP contribution in [0.4, 0.5) is 0 Å². The number of rotatable bonds is 10. The summed E-state index contributed by atoms with van der Waals surface area (Å²) >= 11 is 13.8. The lowest BCUT2D eigenvalue weighted by Crippen LogP contribution is -2.55. The topological polar surface area (TPSA) is 437 Å². The van der Waals surface area contributed by atoms with Crippen LogP contribution in [0.1, 0.15) is 75.3 Å². The summed E-state index contributed by atoms with van der Waals surface area (Å²) in [5.41, 5.74) is 11.5. The number of ether oxygens (including phenoxy) is 3. The standard InChI is InChI=1S/C62H58Cl2N10O17/c63-39-15-27-1-9-43(39)90-46-23-33-24-47(55(46)81)91-44-10-5-30(21-40(44)64)54(80)53(62(88)72-50(31-17-35(76)25-36(77)18-31)58(84)68-14-13-67-12-11-65)74-59(85)49(28-2-6-34(75)7-3-28)71-61(87)52(33)73-60(86)51-32-19-37(78)26-38(20-32)89-45-22-29(4-8-42(45)79)48(66)57(83)69-41(16-27)56(82)70-51/h1-10,15,17-26,41,48-54,67,75-81H,11-14,16,65-66H2,(H,68,84)(H,69,83)(H,70,82)(H,71,87)(H,72,88)(H,73,86)(H,74,85). The second kappa shape index (κ2) is 27.0.